The van der Waals surface area contributed by atoms with Crippen LogP contribution in [0.15, 0.2) is 121 Å². The molecule has 2 nitrogen and oxygen atoms in total. The molecule has 0 bridgehead atoms. The fraction of sp³-hybridized carbons (Fsp3) is 0.478. The standard InChI is InChI=1S/C46H58N2P2/c47-31-33-21-25-41-35(29-33)23-27-43(49(37-13-5-1-6-14-37)38-15-7-2-8-16-38)45(41)46-42-26-22-34(32-48)30-36(42)24-28-44(46)50(39-17-9-3-10-18-39)40-19-11-4-12-20-40/h1-20,33-36,41-46H,21-32,47-48H2/p+2. The van der Waals surface area contributed by atoms with Gasteiger partial charge in [-0.25, -0.2) is 0 Å². The molecule has 0 radical (unpaired) electrons. The fourth-order valence-electron chi connectivity index (χ4n) is 11.8. The fourth-order valence-corrected chi connectivity index (χ4v) is 18.2. The minimum atomic E-state index is -0.479. The highest BCUT2D eigenvalue weighted by atomic mass is 31.1. The SMILES string of the molecule is [NH3+]CC1CCC2C(CCC(P(c3ccccc3)c3ccccc3)C2C2C3CCC(C[NH3+])CC3CCC2P(c2ccccc2)c2ccccc2)C1. The van der Waals surface area contributed by atoms with Crippen LogP contribution < -0.4 is 32.7 Å². The number of hydrogen-bond donors (Lipinski definition) is 2. The molecule has 10 atom stereocenters. The van der Waals surface area contributed by atoms with Crippen LogP contribution in [-0.2, 0) is 0 Å². The van der Waals surface area contributed by atoms with Gasteiger partial charge in [-0.3, -0.25) is 0 Å². The van der Waals surface area contributed by atoms with Gasteiger partial charge in [-0.2, -0.15) is 0 Å². The Balaban J connectivity index is 1.30. The number of fused-ring (bicyclic) bond motifs is 2. The van der Waals surface area contributed by atoms with Crippen LogP contribution in [-0.4, -0.2) is 24.4 Å². The van der Waals surface area contributed by atoms with E-state index in [0.717, 1.165) is 71.8 Å². The van der Waals surface area contributed by atoms with Crippen LogP contribution in [0.1, 0.15) is 64.2 Å². The Hall–Kier alpha value is -2.34. The number of benzene rings is 4. The van der Waals surface area contributed by atoms with E-state index in [9.17, 15) is 0 Å². The summed E-state index contributed by atoms with van der Waals surface area (Å²) in [4.78, 5) is 0. The first kappa shape index (κ1) is 34.7. The summed E-state index contributed by atoms with van der Waals surface area (Å²) in [6.45, 7) is 2.24. The van der Waals surface area contributed by atoms with Crippen molar-refractivity contribution in [2.75, 3.05) is 13.1 Å². The summed E-state index contributed by atoms with van der Waals surface area (Å²) in [5.74, 6) is 6.63. The van der Waals surface area contributed by atoms with Crippen molar-refractivity contribution < 1.29 is 11.5 Å². The van der Waals surface area contributed by atoms with Gasteiger partial charge < -0.3 is 11.5 Å². The molecular formula is C46H60N2P2+2. The van der Waals surface area contributed by atoms with Gasteiger partial charge in [0.15, 0.2) is 0 Å². The molecule has 0 amide bonds. The normalized spacial score (nSPS) is 32.7. The second-order valence-corrected chi connectivity index (χ2v) is 21.2. The molecule has 4 aromatic carbocycles. The molecule has 4 saturated carbocycles. The summed E-state index contributed by atoms with van der Waals surface area (Å²) in [5, 5.41) is 6.41. The van der Waals surface area contributed by atoms with Gasteiger partial charge in [0.25, 0.3) is 0 Å². The maximum atomic E-state index is 4.45. The molecule has 0 heterocycles. The van der Waals surface area contributed by atoms with Crippen molar-refractivity contribution in [1.29, 1.82) is 0 Å². The molecule has 0 spiro atoms. The van der Waals surface area contributed by atoms with Gasteiger partial charge in [0.1, 0.15) is 0 Å². The van der Waals surface area contributed by atoms with Crippen LogP contribution in [0.4, 0.5) is 0 Å². The zero-order valence-corrected chi connectivity index (χ0v) is 31.9. The van der Waals surface area contributed by atoms with E-state index in [-0.39, 0.29) is 0 Å². The van der Waals surface area contributed by atoms with Crippen molar-refractivity contribution in [3.63, 3.8) is 0 Å². The Morgan fingerprint density at radius 3 is 1.02 bits per heavy atom. The molecule has 8 rings (SSSR count). The Kier molecular flexibility index (Phi) is 11.2. The van der Waals surface area contributed by atoms with E-state index in [1.807, 2.05) is 0 Å². The van der Waals surface area contributed by atoms with Crippen molar-refractivity contribution in [2.24, 2.45) is 47.3 Å². The van der Waals surface area contributed by atoms with Crippen LogP contribution in [0.25, 0.3) is 0 Å². The maximum absolute atomic E-state index is 4.45. The Morgan fingerprint density at radius 2 is 0.720 bits per heavy atom. The number of hydrogen-bond acceptors (Lipinski definition) is 0. The Morgan fingerprint density at radius 1 is 0.400 bits per heavy atom. The molecule has 262 valence electrons. The highest BCUT2D eigenvalue weighted by Crippen LogP contribution is 2.65. The zero-order chi connectivity index (χ0) is 33.9. The lowest BCUT2D eigenvalue weighted by Gasteiger charge is -2.59. The second kappa shape index (κ2) is 16.1. The molecule has 4 heteroatoms. The lowest BCUT2D eigenvalue weighted by atomic mass is 9.53. The molecule has 4 aromatic rings. The van der Waals surface area contributed by atoms with Crippen molar-refractivity contribution in [2.45, 2.75) is 75.5 Å². The van der Waals surface area contributed by atoms with E-state index in [4.69, 9.17) is 0 Å². The molecule has 10 unspecified atom stereocenters. The van der Waals surface area contributed by atoms with Gasteiger partial charge in [-0.1, -0.05) is 121 Å². The van der Waals surface area contributed by atoms with Gasteiger partial charge in [-0.05, 0) is 148 Å². The summed E-state index contributed by atoms with van der Waals surface area (Å²) < 4.78 is 0. The van der Waals surface area contributed by atoms with E-state index in [1.54, 1.807) is 21.2 Å². The first-order valence-corrected chi connectivity index (χ1v) is 22.9. The first-order chi connectivity index (χ1) is 24.7. The van der Waals surface area contributed by atoms with E-state index in [0.29, 0.717) is 0 Å². The van der Waals surface area contributed by atoms with Gasteiger partial charge in [0, 0.05) is 11.8 Å². The van der Waals surface area contributed by atoms with Crippen LogP contribution in [0, 0.1) is 47.3 Å². The molecule has 4 fully saturated rings. The molecule has 6 N–H and O–H groups in total. The number of rotatable bonds is 9. The third kappa shape index (κ3) is 7.05. The molecule has 50 heavy (non-hydrogen) atoms. The van der Waals surface area contributed by atoms with Gasteiger partial charge in [0.2, 0.25) is 0 Å². The molecule has 4 aliphatic carbocycles. The monoisotopic (exact) mass is 702 g/mol. The zero-order valence-electron chi connectivity index (χ0n) is 30.1. The molecule has 0 aliphatic heterocycles. The van der Waals surface area contributed by atoms with Crippen LogP contribution in [0.5, 0.6) is 0 Å². The maximum Gasteiger partial charge on any atom is 0.0768 e. The summed E-state index contributed by atoms with van der Waals surface area (Å²) in [6, 6.07) is 47.4. The third-order valence-corrected chi connectivity index (χ3v) is 19.9. The Labute approximate surface area is 304 Å². The Bertz CT molecular complexity index is 1420. The minimum absolute atomic E-state index is 0.479. The van der Waals surface area contributed by atoms with E-state index >= 15 is 0 Å². The van der Waals surface area contributed by atoms with E-state index in [2.05, 4.69) is 133 Å². The predicted octanol–water partition coefficient (Wildman–Crippen LogP) is 7.36. The van der Waals surface area contributed by atoms with Crippen molar-refractivity contribution in [3.05, 3.63) is 121 Å². The van der Waals surface area contributed by atoms with Gasteiger partial charge >= 0.3 is 0 Å². The van der Waals surface area contributed by atoms with Crippen molar-refractivity contribution >= 4 is 37.1 Å². The minimum Gasteiger partial charge on any atom is -0.357 e. The quantitative estimate of drug-likeness (QED) is 0.172. The van der Waals surface area contributed by atoms with E-state index in [1.165, 1.54) is 64.2 Å². The summed E-state index contributed by atoms with van der Waals surface area (Å²) in [5.41, 5.74) is 10.4. The van der Waals surface area contributed by atoms with Gasteiger partial charge in [-0.15, -0.1) is 0 Å². The first-order valence-electron chi connectivity index (χ1n) is 20.1. The average Bonchev–Trinajstić information content (AvgIpc) is 3.19. The number of quaternary nitrogens is 2. The summed E-state index contributed by atoms with van der Waals surface area (Å²) >= 11 is 0. The van der Waals surface area contributed by atoms with Crippen LogP contribution in [0.2, 0.25) is 0 Å². The highest BCUT2D eigenvalue weighted by Gasteiger charge is 2.55. The van der Waals surface area contributed by atoms with Crippen LogP contribution in [0.3, 0.4) is 0 Å². The smallest absolute Gasteiger partial charge is 0.0768 e. The van der Waals surface area contributed by atoms with Crippen LogP contribution >= 0.6 is 15.8 Å². The van der Waals surface area contributed by atoms with Crippen molar-refractivity contribution in [3.8, 4) is 0 Å². The molecule has 0 saturated heterocycles. The second-order valence-electron chi connectivity index (χ2n) is 16.3. The predicted molar refractivity (Wildman–Crippen MR) is 215 cm³/mol. The molecule has 4 aliphatic rings. The largest absolute Gasteiger partial charge is 0.357 e. The van der Waals surface area contributed by atoms with Gasteiger partial charge in [0.05, 0.1) is 13.1 Å². The lowest BCUT2D eigenvalue weighted by Crippen LogP contribution is -2.58. The average molecular weight is 703 g/mol. The lowest BCUT2D eigenvalue weighted by molar-refractivity contribution is -0.382. The molecular weight excluding hydrogens is 642 g/mol. The highest BCUT2D eigenvalue weighted by molar-refractivity contribution is 7.74. The van der Waals surface area contributed by atoms with E-state index < -0.39 is 15.8 Å². The summed E-state index contributed by atoms with van der Waals surface area (Å²) in [7, 11) is -0.957. The van der Waals surface area contributed by atoms with Crippen molar-refractivity contribution in [1.82, 2.24) is 0 Å². The third-order valence-electron chi connectivity index (χ3n) is 13.9. The topological polar surface area (TPSA) is 55.3 Å². The summed E-state index contributed by atoms with van der Waals surface area (Å²) in [6.07, 6.45) is 14.1. The molecule has 0 aromatic heterocycles.